The van der Waals surface area contributed by atoms with Crippen LogP contribution in [0.2, 0.25) is 0 Å². The molecule has 206 valence electrons. The summed E-state index contributed by atoms with van der Waals surface area (Å²) in [6, 6.07) is 9.37. The van der Waals surface area contributed by atoms with Crippen molar-refractivity contribution in [1.29, 1.82) is 0 Å². The highest BCUT2D eigenvalue weighted by atomic mass is 19.1. The minimum atomic E-state index is -0.262. The molecule has 0 radical (unpaired) electrons. The maximum absolute atomic E-state index is 14.9. The van der Waals surface area contributed by atoms with Crippen LogP contribution in [0.3, 0.4) is 0 Å². The summed E-state index contributed by atoms with van der Waals surface area (Å²) in [5.41, 5.74) is 2.57. The number of pyridine rings is 1. The van der Waals surface area contributed by atoms with Crippen LogP contribution in [0.25, 0.3) is 11.3 Å². The van der Waals surface area contributed by atoms with Gasteiger partial charge in [-0.05, 0) is 81.0 Å². The summed E-state index contributed by atoms with van der Waals surface area (Å²) in [6.07, 6.45) is 24.4. The van der Waals surface area contributed by atoms with Crippen molar-refractivity contribution < 1.29 is 9.13 Å². The standard InChI is InChI=1S/C34H52FNO/c1-4-6-8-10-11-12-14-16-28-17-19-29(20-18-28)30-21-24-34(36-26-30)32-23-22-31(25-33(32)35)37-27(3)15-13-9-7-5-2/h21-29H,4-20H2,1-3H3/t27-,28-,29-/m0/s1. The summed E-state index contributed by atoms with van der Waals surface area (Å²) in [5.74, 6) is 1.86. The molecule has 2 nitrogen and oxygen atoms in total. The molecular formula is C34H52FNO. The fourth-order valence-corrected chi connectivity index (χ4v) is 5.91. The van der Waals surface area contributed by atoms with Gasteiger partial charge in [-0.25, -0.2) is 4.39 Å². The molecule has 0 amide bonds. The van der Waals surface area contributed by atoms with Crippen LogP contribution in [0.15, 0.2) is 36.5 Å². The molecule has 0 unspecified atom stereocenters. The highest BCUT2D eigenvalue weighted by Crippen LogP contribution is 2.38. The number of rotatable bonds is 17. The lowest BCUT2D eigenvalue weighted by atomic mass is 9.77. The van der Waals surface area contributed by atoms with E-state index >= 15 is 0 Å². The first-order chi connectivity index (χ1) is 18.1. The van der Waals surface area contributed by atoms with Gasteiger partial charge in [0.15, 0.2) is 0 Å². The third-order valence-corrected chi connectivity index (χ3v) is 8.34. The Morgan fingerprint density at radius 1 is 0.838 bits per heavy atom. The van der Waals surface area contributed by atoms with Gasteiger partial charge in [-0.15, -0.1) is 0 Å². The largest absolute Gasteiger partial charge is 0.491 e. The van der Waals surface area contributed by atoms with Crippen molar-refractivity contribution in [3.05, 3.63) is 47.9 Å². The van der Waals surface area contributed by atoms with Crippen molar-refractivity contribution in [2.75, 3.05) is 0 Å². The molecule has 3 rings (SSSR count). The Bertz CT molecular complexity index is 872. The summed E-state index contributed by atoms with van der Waals surface area (Å²) >= 11 is 0. The Morgan fingerprint density at radius 3 is 2.16 bits per heavy atom. The third kappa shape index (κ3) is 10.4. The van der Waals surface area contributed by atoms with Crippen LogP contribution in [-0.4, -0.2) is 11.1 Å². The van der Waals surface area contributed by atoms with Crippen LogP contribution >= 0.6 is 0 Å². The molecule has 1 aliphatic rings. The summed E-state index contributed by atoms with van der Waals surface area (Å²) in [5, 5.41) is 0. The van der Waals surface area contributed by atoms with E-state index in [-0.39, 0.29) is 11.9 Å². The molecule has 1 fully saturated rings. The van der Waals surface area contributed by atoms with Gasteiger partial charge in [0.1, 0.15) is 11.6 Å². The minimum Gasteiger partial charge on any atom is -0.491 e. The fraction of sp³-hybridized carbons (Fsp3) is 0.676. The third-order valence-electron chi connectivity index (χ3n) is 8.34. The van der Waals surface area contributed by atoms with E-state index in [0.29, 0.717) is 22.9 Å². The second kappa shape index (κ2) is 16.8. The SMILES string of the molecule is CCCCCCCCC[C@H]1CC[C@H](c2ccc(-c3ccc(O[C@@H](C)CCCCCC)cc3F)nc2)CC1. The molecule has 0 N–H and O–H groups in total. The first-order valence-corrected chi connectivity index (χ1v) is 15.5. The average molecular weight is 510 g/mol. The Balaban J connectivity index is 1.42. The van der Waals surface area contributed by atoms with Gasteiger partial charge in [0.25, 0.3) is 0 Å². The molecule has 37 heavy (non-hydrogen) atoms. The van der Waals surface area contributed by atoms with Crippen LogP contribution in [0.4, 0.5) is 4.39 Å². The first-order valence-electron chi connectivity index (χ1n) is 15.5. The van der Waals surface area contributed by atoms with Crippen LogP contribution in [0, 0.1) is 11.7 Å². The smallest absolute Gasteiger partial charge is 0.136 e. The second-order valence-corrected chi connectivity index (χ2v) is 11.5. The zero-order chi connectivity index (χ0) is 26.3. The van der Waals surface area contributed by atoms with Gasteiger partial charge in [-0.1, -0.05) is 90.5 Å². The van der Waals surface area contributed by atoms with E-state index in [0.717, 1.165) is 18.8 Å². The van der Waals surface area contributed by atoms with Crippen LogP contribution in [0.1, 0.15) is 141 Å². The number of benzene rings is 1. The predicted molar refractivity (Wildman–Crippen MR) is 156 cm³/mol. The van der Waals surface area contributed by atoms with Gasteiger partial charge in [0.05, 0.1) is 11.8 Å². The van der Waals surface area contributed by atoms with Gasteiger partial charge in [0.2, 0.25) is 0 Å². The molecule has 0 spiro atoms. The van der Waals surface area contributed by atoms with Gasteiger partial charge in [-0.2, -0.15) is 0 Å². The van der Waals surface area contributed by atoms with Crippen LogP contribution in [-0.2, 0) is 0 Å². The molecule has 3 heteroatoms. The number of ether oxygens (including phenoxy) is 1. The number of unbranched alkanes of at least 4 members (excludes halogenated alkanes) is 9. The van der Waals surface area contributed by atoms with Gasteiger partial charge >= 0.3 is 0 Å². The number of hydrogen-bond acceptors (Lipinski definition) is 2. The minimum absolute atomic E-state index is 0.102. The number of hydrogen-bond donors (Lipinski definition) is 0. The highest BCUT2D eigenvalue weighted by Gasteiger charge is 2.22. The summed E-state index contributed by atoms with van der Waals surface area (Å²) < 4.78 is 20.9. The maximum Gasteiger partial charge on any atom is 0.136 e. The number of nitrogens with zero attached hydrogens (tertiary/aromatic N) is 1. The summed E-state index contributed by atoms with van der Waals surface area (Å²) in [4.78, 5) is 4.66. The zero-order valence-electron chi connectivity index (χ0n) is 24.0. The molecule has 1 atom stereocenters. The van der Waals surface area contributed by atoms with Crippen molar-refractivity contribution >= 4 is 0 Å². The second-order valence-electron chi connectivity index (χ2n) is 11.5. The van der Waals surface area contributed by atoms with Crippen molar-refractivity contribution in [1.82, 2.24) is 4.98 Å². The predicted octanol–water partition coefficient (Wildman–Crippen LogP) is 11.0. The number of halogens is 1. The van der Waals surface area contributed by atoms with Crippen molar-refractivity contribution in [3.8, 4) is 17.0 Å². The lowest BCUT2D eigenvalue weighted by Crippen LogP contribution is -2.13. The average Bonchev–Trinajstić information content (AvgIpc) is 2.91. The fourth-order valence-electron chi connectivity index (χ4n) is 5.91. The van der Waals surface area contributed by atoms with Crippen molar-refractivity contribution in [3.63, 3.8) is 0 Å². The number of aromatic nitrogens is 1. The normalized spacial score (nSPS) is 18.6. The van der Waals surface area contributed by atoms with E-state index in [2.05, 4.69) is 31.8 Å². The summed E-state index contributed by atoms with van der Waals surface area (Å²) in [6.45, 7) is 6.57. The Hall–Kier alpha value is -1.90. The zero-order valence-corrected chi connectivity index (χ0v) is 24.0. The van der Waals surface area contributed by atoms with Crippen LogP contribution in [0.5, 0.6) is 5.75 Å². The van der Waals surface area contributed by atoms with E-state index in [1.165, 1.54) is 108 Å². The lowest BCUT2D eigenvalue weighted by molar-refractivity contribution is 0.205. The van der Waals surface area contributed by atoms with E-state index < -0.39 is 0 Å². The van der Waals surface area contributed by atoms with Gasteiger partial charge in [-0.3, -0.25) is 4.98 Å². The Kier molecular flexibility index (Phi) is 13.5. The first kappa shape index (κ1) is 29.7. The van der Waals surface area contributed by atoms with E-state index in [9.17, 15) is 4.39 Å². The van der Waals surface area contributed by atoms with E-state index in [1.54, 1.807) is 0 Å². The molecule has 0 bridgehead atoms. The summed E-state index contributed by atoms with van der Waals surface area (Å²) in [7, 11) is 0. The molecule has 1 aliphatic carbocycles. The molecule has 1 saturated carbocycles. The van der Waals surface area contributed by atoms with Gasteiger partial charge in [0, 0.05) is 17.8 Å². The molecule has 0 saturated heterocycles. The molecule has 1 aromatic carbocycles. The molecule has 1 heterocycles. The lowest BCUT2D eigenvalue weighted by Gasteiger charge is -2.28. The highest BCUT2D eigenvalue weighted by molar-refractivity contribution is 5.61. The Morgan fingerprint density at radius 2 is 1.51 bits per heavy atom. The van der Waals surface area contributed by atoms with Crippen molar-refractivity contribution in [2.45, 2.75) is 142 Å². The van der Waals surface area contributed by atoms with Crippen LogP contribution < -0.4 is 4.74 Å². The quantitative estimate of drug-likeness (QED) is 0.198. The molecule has 0 aliphatic heterocycles. The topological polar surface area (TPSA) is 22.1 Å². The van der Waals surface area contributed by atoms with Crippen molar-refractivity contribution in [2.24, 2.45) is 5.92 Å². The molecule has 2 aromatic rings. The molecular weight excluding hydrogens is 457 g/mol. The van der Waals surface area contributed by atoms with Gasteiger partial charge < -0.3 is 4.74 Å². The Labute approximate surface area is 226 Å². The maximum atomic E-state index is 14.9. The van der Waals surface area contributed by atoms with E-state index in [4.69, 9.17) is 4.74 Å². The van der Waals surface area contributed by atoms with E-state index in [1.807, 2.05) is 24.4 Å². The monoisotopic (exact) mass is 509 g/mol. The molecule has 1 aromatic heterocycles.